The first-order valence-electron chi connectivity index (χ1n) is 5.47. The number of nitrogens with one attached hydrogen (secondary N) is 1. The molecule has 2 rings (SSSR count). The molecule has 0 fully saturated rings. The molecule has 0 aliphatic carbocycles. The van der Waals surface area contributed by atoms with Crippen LogP contribution in [0.2, 0.25) is 5.02 Å². The predicted molar refractivity (Wildman–Crippen MR) is 71.3 cm³/mol. The van der Waals surface area contributed by atoms with Crippen LogP contribution in [0.1, 0.15) is 6.42 Å². The zero-order valence-corrected chi connectivity index (χ0v) is 10.4. The molecule has 3 N–H and O–H groups in total. The van der Waals surface area contributed by atoms with Crippen molar-refractivity contribution in [2.24, 2.45) is 0 Å². The normalized spacial score (nSPS) is 10.3. The Balaban J connectivity index is 1.85. The molecule has 0 aliphatic rings. The molecule has 1 aromatic carbocycles. The van der Waals surface area contributed by atoms with E-state index in [9.17, 15) is 4.79 Å². The summed E-state index contributed by atoms with van der Waals surface area (Å²) in [5.41, 5.74) is 6.93. The van der Waals surface area contributed by atoms with Gasteiger partial charge in [0, 0.05) is 30.5 Å². The second-order valence-corrected chi connectivity index (χ2v) is 4.28. The molecule has 0 bridgehead atoms. The molecule has 0 unspecified atom stereocenters. The summed E-state index contributed by atoms with van der Waals surface area (Å²) in [5, 5.41) is 7.32. The Bertz CT molecular complexity index is 553. The number of amides is 1. The molecule has 2 aromatic rings. The molecule has 0 saturated heterocycles. The fourth-order valence-corrected chi connectivity index (χ4v) is 1.67. The monoisotopic (exact) mass is 264 g/mol. The van der Waals surface area contributed by atoms with E-state index < -0.39 is 0 Å². The van der Waals surface area contributed by atoms with E-state index in [1.54, 1.807) is 35.1 Å². The number of carbonyl (C=O) groups excluding carboxylic acids is 1. The van der Waals surface area contributed by atoms with Crippen molar-refractivity contribution in [3.05, 3.63) is 41.7 Å². The Morgan fingerprint density at radius 1 is 1.50 bits per heavy atom. The highest BCUT2D eigenvalue weighted by atomic mass is 35.5. The van der Waals surface area contributed by atoms with Crippen LogP contribution in [0, 0.1) is 0 Å². The molecule has 94 valence electrons. The van der Waals surface area contributed by atoms with Gasteiger partial charge in [-0.1, -0.05) is 17.7 Å². The van der Waals surface area contributed by atoms with Crippen molar-refractivity contribution in [1.82, 2.24) is 9.78 Å². The number of nitrogen functional groups attached to an aromatic ring is 1. The average Bonchev–Trinajstić information content (AvgIpc) is 2.73. The Hall–Kier alpha value is -2.01. The minimum absolute atomic E-state index is 0.0905. The van der Waals surface area contributed by atoms with E-state index in [2.05, 4.69) is 10.4 Å². The molecule has 0 spiro atoms. The van der Waals surface area contributed by atoms with Crippen molar-refractivity contribution in [1.29, 1.82) is 0 Å². The maximum Gasteiger partial charge on any atom is 0.226 e. The van der Waals surface area contributed by atoms with Crippen LogP contribution < -0.4 is 11.1 Å². The summed E-state index contributed by atoms with van der Waals surface area (Å²) in [6.45, 7) is 0.487. The van der Waals surface area contributed by atoms with Crippen molar-refractivity contribution >= 4 is 28.9 Å². The second-order valence-electron chi connectivity index (χ2n) is 3.85. The van der Waals surface area contributed by atoms with Gasteiger partial charge in [0.25, 0.3) is 0 Å². The minimum Gasteiger partial charge on any atom is -0.399 e. The van der Waals surface area contributed by atoms with E-state index in [4.69, 9.17) is 17.3 Å². The fourth-order valence-electron chi connectivity index (χ4n) is 1.52. The standard InChI is InChI=1S/C12H13ClN4O/c13-9-7-15-17(8-9)5-4-12(18)16-11-3-1-2-10(14)6-11/h1-3,6-8H,4-5,14H2,(H,16,18). The summed E-state index contributed by atoms with van der Waals surface area (Å²) in [6.07, 6.45) is 3.54. The summed E-state index contributed by atoms with van der Waals surface area (Å²) >= 11 is 5.73. The molecule has 0 radical (unpaired) electrons. The van der Waals surface area contributed by atoms with Gasteiger partial charge in [-0.2, -0.15) is 5.10 Å². The molecule has 1 aromatic heterocycles. The Morgan fingerprint density at radius 2 is 2.33 bits per heavy atom. The Labute approximate surface area is 110 Å². The number of aryl methyl sites for hydroxylation is 1. The first-order chi connectivity index (χ1) is 8.63. The fraction of sp³-hybridized carbons (Fsp3) is 0.167. The molecule has 6 heteroatoms. The summed E-state index contributed by atoms with van der Waals surface area (Å²) in [6, 6.07) is 7.06. The molecule has 18 heavy (non-hydrogen) atoms. The molecule has 1 heterocycles. The zero-order chi connectivity index (χ0) is 13.0. The lowest BCUT2D eigenvalue weighted by Crippen LogP contribution is -2.14. The zero-order valence-electron chi connectivity index (χ0n) is 9.64. The van der Waals surface area contributed by atoms with Gasteiger partial charge < -0.3 is 11.1 Å². The van der Waals surface area contributed by atoms with Crippen LogP contribution in [0.5, 0.6) is 0 Å². The summed E-state index contributed by atoms with van der Waals surface area (Å²) in [5.74, 6) is -0.0905. The Kier molecular flexibility index (Phi) is 3.84. The molecular weight excluding hydrogens is 252 g/mol. The lowest BCUT2D eigenvalue weighted by molar-refractivity contribution is -0.116. The van der Waals surface area contributed by atoms with E-state index in [-0.39, 0.29) is 5.91 Å². The van der Waals surface area contributed by atoms with E-state index in [0.29, 0.717) is 29.4 Å². The summed E-state index contributed by atoms with van der Waals surface area (Å²) in [7, 11) is 0. The Morgan fingerprint density at radius 3 is 3.00 bits per heavy atom. The SMILES string of the molecule is Nc1cccc(NC(=O)CCn2cc(Cl)cn2)c1. The highest BCUT2D eigenvalue weighted by Gasteiger charge is 2.04. The maximum atomic E-state index is 11.7. The highest BCUT2D eigenvalue weighted by Crippen LogP contribution is 2.12. The molecule has 0 aliphatic heterocycles. The number of nitrogens with two attached hydrogens (primary N) is 1. The molecule has 0 atom stereocenters. The minimum atomic E-state index is -0.0905. The van der Waals surface area contributed by atoms with E-state index >= 15 is 0 Å². The molecular formula is C12H13ClN4O. The summed E-state index contributed by atoms with van der Waals surface area (Å²) < 4.78 is 1.63. The van der Waals surface area contributed by atoms with Crippen molar-refractivity contribution in [2.45, 2.75) is 13.0 Å². The van der Waals surface area contributed by atoms with Gasteiger partial charge in [-0.15, -0.1) is 0 Å². The number of carbonyl (C=O) groups is 1. The second kappa shape index (κ2) is 5.55. The number of halogens is 1. The lowest BCUT2D eigenvalue weighted by Gasteiger charge is -2.05. The quantitative estimate of drug-likeness (QED) is 0.831. The topological polar surface area (TPSA) is 72.9 Å². The van der Waals surface area contributed by atoms with Gasteiger partial charge >= 0.3 is 0 Å². The number of aromatic nitrogens is 2. The molecule has 5 nitrogen and oxygen atoms in total. The van der Waals surface area contributed by atoms with Crippen molar-refractivity contribution in [2.75, 3.05) is 11.1 Å². The van der Waals surface area contributed by atoms with Gasteiger partial charge in [-0.3, -0.25) is 9.48 Å². The van der Waals surface area contributed by atoms with Gasteiger partial charge in [0.1, 0.15) is 0 Å². The van der Waals surface area contributed by atoms with Gasteiger partial charge in [0.05, 0.1) is 11.2 Å². The van der Waals surface area contributed by atoms with Gasteiger partial charge in [-0.25, -0.2) is 0 Å². The third kappa shape index (κ3) is 3.49. The van der Waals surface area contributed by atoms with Gasteiger partial charge in [0.2, 0.25) is 5.91 Å². The smallest absolute Gasteiger partial charge is 0.226 e. The van der Waals surface area contributed by atoms with Gasteiger partial charge in [-0.05, 0) is 18.2 Å². The van der Waals surface area contributed by atoms with Crippen LogP contribution >= 0.6 is 11.6 Å². The molecule has 1 amide bonds. The number of benzene rings is 1. The largest absolute Gasteiger partial charge is 0.399 e. The van der Waals surface area contributed by atoms with E-state index in [1.807, 2.05) is 0 Å². The third-order valence-electron chi connectivity index (χ3n) is 2.34. The first-order valence-corrected chi connectivity index (χ1v) is 5.84. The summed E-state index contributed by atoms with van der Waals surface area (Å²) in [4.78, 5) is 11.7. The van der Waals surface area contributed by atoms with Crippen LogP contribution in [-0.4, -0.2) is 15.7 Å². The average molecular weight is 265 g/mol. The molecule has 0 saturated carbocycles. The van der Waals surface area contributed by atoms with E-state index in [1.165, 1.54) is 6.20 Å². The lowest BCUT2D eigenvalue weighted by atomic mass is 10.2. The predicted octanol–water partition coefficient (Wildman–Crippen LogP) is 2.15. The number of nitrogens with zero attached hydrogens (tertiary/aromatic N) is 2. The van der Waals surface area contributed by atoms with Crippen LogP contribution in [0.3, 0.4) is 0 Å². The van der Waals surface area contributed by atoms with Crippen molar-refractivity contribution < 1.29 is 4.79 Å². The number of hydrogen-bond donors (Lipinski definition) is 2. The van der Waals surface area contributed by atoms with Crippen LogP contribution in [0.15, 0.2) is 36.7 Å². The van der Waals surface area contributed by atoms with Crippen molar-refractivity contribution in [3.63, 3.8) is 0 Å². The number of hydrogen-bond acceptors (Lipinski definition) is 3. The van der Waals surface area contributed by atoms with Crippen molar-refractivity contribution in [3.8, 4) is 0 Å². The highest BCUT2D eigenvalue weighted by molar-refractivity contribution is 6.30. The van der Waals surface area contributed by atoms with Gasteiger partial charge in [0.15, 0.2) is 0 Å². The third-order valence-corrected chi connectivity index (χ3v) is 2.54. The first kappa shape index (κ1) is 12.4. The number of anilines is 2. The van der Waals surface area contributed by atoms with E-state index in [0.717, 1.165) is 0 Å². The van der Waals surface area contributed by atoms with Crippen LogP contribution in [-0.2, 0) is 11.3 Å². The maximum absolute atomic E-state index is 11.7. The number of rotatable bonds is 4. The van der Waals surface area contributed by atoms with Crippen LogP contribution in [0.25, 0.3) is 0 Å². The van der Waals surface area contributed by atoms with Crippen LogP contribution in [0.4, 0.5) is 11.4 Å².